The lowest BCUT2D eigenvalue weighted by molar-refractivity contribution is -0.134. The smallest absolute Gasteiger partial charge is 0.311 e. The lowest BCUT2D eigenvalue weighted by Crippen LogP contribution is -2.09. The molecule has 0 N–H and O–H groups in total. The largest absolute Gasteiger partial charge is 0.497 e. The van der Waals surface area contributed by atoms with Gasteiger partial charge in [0.25, 0.3) is 0 Å². The predicted molar refractivity (Wildman–Crippen MR) is 147 cm³/mol. The van der Waals surface area contributed by atoms with Crippen molar-refractivity contribution in [3.63, 3.8) is 0 Å². The SMILES string of the molecule is C=CCCCCCCOc1ccc(CCC(=O)Oc2ccc3c(ccc4cc(OC)ccc43)c2)cc1. The van der Waals surface area contributed by atoms with Crippen LogP contribution in [0.5, 0.6) is 17.2 Å². The van der Waals surface area contributed by atoms with Crippen molar-refractivity contribution in [2.45, 2.75) is 44.9 Å². The summed E-state index contributed by atoms with van der Waals surface area (Å²) in [6, 6.07) is 23.9. The van der Waals surface area contributed by atoms with Gasteiger partial charge in [0, 0.05) is 6.42 Å². The summed E-state index contributed by atoms with van der Waals surface area (Å²) in [7, 11) is 1.67. The number of aryl methyl sites for hydroxylation is 1. The fraction of sp³-hybridized carbons (Fsp3) is 0.281. The zero-order valence-electron chi connectivity index (χ0n) is 21.0. The lowest BCUT2D eigenvalue weighted by atomic mass is 10.0. The van der Waals surface area contributed by atoms with E-state index >= 15 is 0 Å². The number of hydrogen-bond acceptors (Lipinski definition) is 4. The Morgan fingerprint density at radius 3 is 2.11 bits per heavy atom. The van der Waals surface area contributed by atoms with Crippen molar-refractivity contribution in [1.29, 1.82) is 0 Å². The molecule has 0 heterocycles. The molecule has 4 nitrogen and oxygen atoms in total. The Bertz CT molecular complexity index is 1310. The number of carbonyl (C=O) groups is 1. The molecule has 4 aromatic carbocycles. The van der Waals surface area contributed by atoms with Crippen molar-refractivity contribution in [1.82, 2.24) is 0 Å². The predicted octanol–water partition coefficient (Wildman–Crippen LogP) is 8.06. The molecule has 36 heavy (non-hydrogen) atoms. The number of methoxy groups -OCH3 is 1. The van der Waals surface area contributed by atoms with E-state index in [9.17, 15) is 4.79 Å². The fourth-order valence-electron chi connectivity index (χ4n) is 4.33. The third-order valence-corrected chi connectivity index (χ3v) is 6.36. The molecule has 4 heteroatoms. The third kappa shape index (κ3) is 6.88. The molecule has 4 aromatic rings. The molecule has 0 spiro atoms. The number of hydrogen-bond donors (Lipinski definition) is 0. The number of carbonyl (C=O) groups excluding carboxylic acids is 1. The van der Waals surface area contributed by atoms with Crippen LogP contribution in [0.15, 0.2) is 85.5 Å². The van der Waals surface area contributed by atoms with E-state index in [2.05, 4.69) is 18.7 Å². The third-order valence-electron chi connectivity index (χ3n) is 6.36. The van der Waals surface area contributed by atoms with Crippen LogP contribution in [0.4, 0.5) is 0 Å². The van der Waals surface area contributed by atoms with Crippen LogP contribution >= 0.6 is 0 Å². The minimum absolute atomic E-state index is 0.239. The van der Waals surface area contributed by atoms with Gasteiger partial charge in [-0.1, -0.05) is 55.3 Å². The minimum atomic E-state index is -0.239. The Kier molecular flexibility index (Phi) is 8.98. The molecule has 4 rings (SSSR count). The highest BCUT2D eigenvalue weighted by molar-refractivity contribution is 6.08. The van der Waals surface area contributed by atoms with Crippen molar-refractivity contribution in [3.8, 4) is 17.2 Å². The number of benzene rings is 4. The first kappa shape index (κ1) is 25.3. The number of esters is 1. The summed E-state index contributed by atoms with van der Waals surface area (Å²) in [5.41, 5.74) is 1.09. The van der Waals surface area contributed by atoms with Crippen LogP contribution in [0.25, 0.3) is 21.5 Å². The van der Waals surface area contributed by atoms with E-state index in [1.54, 1.807) is 7.11 Å². The van der Waals surface area contributed by atoms with Gasteiger partial charge in [-0.2, -0.15) is 0 Å². The average molecular weight is 483 g/mol. The highest BCUT2D eigenvalue weighted by Crippen LogP contribution is 2.30. The number of unbranched alkanes of at least 4 members (excludes halogenated alkanes) is 4. The highest BCUT2D eigenvalue weighted by atomic mass is 16.5. The normalized spacial score (nSPS) is 10.9. The van der Waals surface area contributed by atoms with E-state index in [1.165, 1.54) is 19.3 Å². The molecule has 0 atom stereocenters. The Hall–Kier alpha value is -3.79. The van der Waals surface area contributed by atoms with E-state index in [1.807, 2.05) is 66.7 Å². The molecule has 0 aromatic heterocycles. The van der Waals surface area contributed by atoms with Gasteiger partial charge in [-0.15, -0.1) is 6.58 Å². The van der Waals surface area contributed by atoms with Crippen LogP contribution in [0.1, 0.15) is 44.1 Å². The van der Waals surface area contributed by atoms with Crippen LogP contribution in [0, 0.1) is 0 Å². The molecule has 0 amide bonds. The molecule has 0 aliphatic rings. The summed E-state index contributed by atoms with van der Waals surface area (Å²) in [6.45, 7) is 4.48. The minimum Gasteiger partial charge on any atom is -0.497 e. The Morgan fingerprint density at radius 2 is 1.42 bits per heavy atom. The monoisotopic (exact) mass is 482 g/mol. The van der Waals surface area contributed by atoms with Gasteiger partial charge < -0.3 is 14.2 Å². The highest BCUT2D eigenvalue weighted by Gasteiger charge is 2.09. The first-order chi connectivity index (χ1) is 17.7. The molecule has 0 fully saturated rings. The quantitative estimate of drug-likeness (QED) is 0.0636. The number of allylic oxidation sites excluding steroid dienone is 1. The van der Waals surface area contributed by atoms with Gasteiger partial charge in [0.05, 0.1) is 13.7 Å². The molecule has 0 bridgehead atoms. The second-order valence-corrected chi connectivity index (χ2v) is 8.99. The van der Waals surface area contributed by atoms with Crippen molar-refractivity contribution < 1.29 is 19.0 Å². The Balaban J connectivity index is 1.25. The van der Waals surface area contributed by atoms with E-state index in [-0.39, 0.29) is 5.97 Å². The summed E-state index contributed by atoms with van der Waals surface area (Å²) in [5.74, 6) is 2.03. The van der Waals surface area contributed by atoms with Gasteiger partial charge in [0.15, 0.2) is 0 Å². The maximum atomic E-state index is 12.5. The van der Waals surface area contributed by atoms with Crippen LogP contribution in [-0.4, -0.2) is 19.7 Å². The zero-order chi connectivity index (χ0) is 25.2. The maximum absolute atomic E-state index is 12.5. The topological polar surface area (TPSA) is 44.8 Å². The molecule has 0 saturated carbocycles. The van der Waals surface area contributed by atoms with Crippen LogP contribution in [0.3, 0.4) is 0 Å². The zero-order valence-corrected chi connectivity index (χ0v) is 21.0. The van der Waals surface area contributed by atoms with Gasteiger partial charge in [0.1, 0.15) is 17.2 Å². The summed E-state index contributed by atoms with van der Waals surface area (Å²) in [5, 5.41) is 4.40. The second kappa shape index (κ2) is 12.8. The molecule has 0 aliphatic carbocycles. The van der Waals surface area contributed by atoms with E-state index in [0.717, 1.165) is 58.1 Å². The maximum Gasteiger partial charge on any atom is 0.311 e. The Labute approximate surface area is 213 Å². The second-order valence-electron chi connectivity index (χ2n) is 8.99. The average Bonchev–Trinajstić information content (AvgIpc) is 2.91. The van der Waals surface area contributed by atoms with Crippen LogP contribution in [0.2, 0.25) is 0 Å². The van der Waals surface area contributed by atoms with E-state index < -0.39 is 0 Å². The first-order valence-corrected chi connectivity index (χ1v) is 12.7. The van der Waals surface area contributed by atoms with Gasteiger partial charge in [-0.3, -0.25) is 4.79 Å². The molecule has 0 aliphatic heterocycles. The number of rotatable bonds is 13. The molecular weight excluding hydrogens is 448 g/mol. The van der Waals surface area contributed by atoms with Gasteiger partial charge in [-0.25, -0.2) is 0 Å². The summed E-state index contributed by atoms with van der Waals surface area (Å²) >= 11 is 0. The first-order valence-electron chi connectivity index (χ1n) is 12.7. The van der Waals surface area contributed by atoms with Gasteiger partial charge in [0.2, 0.25) is 0 Å². The van der Waals surface area contributed by atoms with Crippen molar-refractivity contribution in [2.75, 3.05) is 13.7 Å². The molecule has 0 saturated heterocycles. The van der Waals surface area contributed by atoms with Crippen molar-refractivity contribution >= 4 is 27.5 Å². The summed E-state index contributed by atoms with van der Waals surface area (Å²) < 4.78 is 16.8. The van der Waals surface area contributed by atoms with E-state index in [4.69, 9.17) is 14.2 Å². The van der Waals surface area contributed by atoms with Crippen LogP contribution in [-0.2, 0) is 11.2 Å². The van der Waals surface area contributed by atoms with Gasteiger partial charge in [-0.05, 0) is 89.2 Å². The number of fused-ring (bicyclic) bond motifs is 3. The summed E-state index contributed by atoms with van der Waals surface area (Å²) in [4.78, 5) is 12.5. The standard InChI is InChI=1S/C32H34O4/c1-3-4-5-6-7-8-21-35-27-14-9-24(10-15-27)11-20-32(33)36-29-17-19-31-26(23-29)13-12-25-22-28(34-2)16-18-30(25)31/h3,9-10,12-19,22-23H,1,4-8,11,20-21H2,2H3. The van der Waals surface area contributed by atoms with Gasteiger partial charge >= 0.3 is 5.97 Å². The van der Waals surface area contributed by atoms with Crippen LogP contribution < -0.4 is 14.2 Å². The molecule has 0 radical (unpaired) electrons. The molecular formula is C32H34O4. The van der Waals surface area contributed by atoms with Crippen molar-refractivity contribution in [3.05, 3.63) is 91.0 Å². The van der Waals surface area contributed by atoms with Crippen molar-refractivity contribution in [2.24, 2.45) is 0 Å². The molecule has 0 unspecified atom stereocenters. The fourth-order valence-corrected chi connectivity index (χ4v) is 4.33. The van der Waals surface area contributed by atoms with E-state index in [0.29, 0.717) is 18.6 Å². The molecule has 186 valence electrons. The number of ether oxygens (including phenoxy) is 3. The Morgan fingerprint density at radius 1 is 0.778 bits per heavy atom. The summed E-state index contributed by atoms with van der Waals surface area (Å²) in [6.07, 6.45) is 8.67. The lowest BCUT2D eigenvalue weighted by Gasteiger charge is -2.09.